The van der Waals surface area contributed by atoms with E-state index in [1.165, 1.54) is 6.07 Å². The number of aryl methyl sites for hydroxylation is 1. The van der Waals surface area contributed by atoms with Crippen molar-refractivity contribution in [2.75, 3.05) is 17.7 Å². The molecule has 2 aromatic rings. The van der Waals surface area contributed by atoms with Gasteiger partial charge in [0.05, 0.1) is 16.8 Å². The quantitative estimate of drug-likeness (QED) is 0.647. The number of anilines is 3. The number of aromatic nitrogens is 2. The molecule has 2 aromatic heterocycles. The van der Waals surface area contributed by atoms with Gasteiger partial charge in [0.2, 0.25) is 0 Å². The van der Waals surface area contributed by atoms with E-state index in [1.54, 1.807) is 26.2 Å². The van der Waals surface area contributed by atoms with Gasteiger partial charge in [-0.1, -0.05) is 0 Å². The second-order valence-electron chi connectivity index (χ2n) is 3.87. The predicted octanol–water partition coefficient (Wildman–Crippen LogP) is 2.48. The van der Waals surface area contributed by atoms with Gasteiger partial charge < -0.3 is 10.6 Å². The number of hydrogen-bond donors (Lipinski definition) is 2. The molecule has 2 N–H and O–H groups in total. The van der Waals surface area contributed by atoms with Crippen molar-refractivity contribution in [3.8, 4) is 0 Å². The Kier molecular flexibility index (Phi) is 3.56. The number of pyridine rings is 2. The van der Waals surface area contributed by atoms with Crippen LogP contribution in [0.5, 0.6) is 0 Å². The van der Waals surface area contributed by atoms with Crippen LogP contribution in [-0.2, 0) is 0 Å². The molecule has 7 heteroatoms. The molecular formula is C12H13N5O2. The average molecular weight is 259 g/mol. The van der Waals surface area contributed by atoms with Crippen LogP contribution >= 0.6 is 0 Å². The first-order valence-electron chi connectivity index (χ1n) is 5.63. The van der Waals surface area contributed by atoms with Gasteiger partial charge in [-0.15, -0.1) is 0 Å². The first-order valence-corrected chi connectivity index (χ1v) is 5.63. The highest BCUT2D eigenvalue weighted by Gasteiger charge is 2.11. The molecular weight excluding hydrogens is 246 g/mol. The second-order valence-corrected chi connectivity index (χ2v) is 3.87. The van der Waals surface area contributed by atoms with Crippen LogP contribution in [0.2, 0.25) is 0 Å². The highest BCUT2D eigenvalue weighted by Crippen LogP contribution is 2.20. The molecule has 7 nitrogen and oxygen atoms in total. The number of nitro groups is 1. The van der Waals surface area contributed by atoms with Gasteiger partial charge in [-0.05, 0) is 25.1 Å². The maximum absolute atomic E-state index is 10.7. The predicted molar refractivity (Wildman–Crippen MR) is 72.7 cm³/mol. The zero-order valence-corrected chi connectivity index (χ0v) is 10.5. The van der Waals surface area contributed by atoms with Crippen molar-refractivity contribution < 1.29 is 4.92 Å². The van der Waals surface area contributed by atoms with Gasteiger partial charge in [-0.2, -0.15) is 0 Å². The zero-order chi connectivity index (χ0) is 13.8. The Morgan fingerprint density at radius 3 is 2.47 bits per heavy atom. The van der Waals surface area contributed by atoms with Crippen LogP contribution in [0.1, 0.15) is 5.69 Å². The Bertz CT molecular complexity index is 598. The van der Waals surface area contributed by atoms with E-state index in [9.17, 15) is 10.1 Å². The maximum atomic E-state index is 10.7. The molecule has 19 heavy (non-hydrogen) atoms. The lowest BCUT2D eigenvalue weighted by Gasteiger charge is -2.07. The van der Waals surface area contributed by atoms with E-state index in [0.29, 0.717) is 11.5 Å². The maximum Gasteiger partial charge on any atom is 0.290 e. The summed E-state index contributed by atoms with van der Waals surface area (Å²) >= 11 is 0. The van der Waals surface area contributed by atoms with E-state index in [1.807, 2.05) is 12.1 Å². The summed E-state index contributed by atoms with van der Waals surface area (Å²) in [6, 6.07) is 6.66. The summed E-state index contributed by atoms with van der Waals surface area (Å²) in [7, 11) is 1.79. The molecule has 0 aliphatic heterocycles. The molecule has 0 aliphatic rings. The summed E-state index contributed by atoms with van der Waals surface area (Å²) in [4.78, 5) is 18.5. The fourth-order valence-corrected chi connectivity index (χ4v) is 1.58. The molecule has 2 rings (SSSR count). The number of nitrogens with one attached hydrogen (secondary N) is 2. The van der Waals surface area contributed by atoms with Crippen molar-refractivity contribution in [2.24, 2.45) is 0 Å². The summed E-state index contributed by atoms with van der Waals surface area (Å²) in [6.07, 6.45) is 1.66. The van der Waals surface area contributed by atoms with Gasteiger partial charge >= 0.3 is 0 Å². The molecule has 0 unspecified atom stereocenters. The first-order chi connectivity index (χ1) is 9.10. The number of nitrogens with zero attached hydrogens (tertiary/aromatic N) is 3. The Morgan fingerprint density at radius 1 is 1.21 bits per heavy atom. The minimum atomic E-state index is -0.449. The van der Waals surface area contributed by atoms with Gasteiger partial charge in [-0.25, -0.2) is 9.97 Å². The van der Waals surface area contributed by atoms with Gasteiger partial charge in [0.25, 0.3) is 5.69 Å². The summed E-state index contributed by atoms with van der Waals surface area (Å²) < 4.78 is 0. The number of rotatable bonds is 4. The van der Waals surface area contributed by atoms with Crippen molar-refractivity contribution in [3.63, 3.8) is 0 Å². The lowest BCUT2D eigenvalue weighted by atomic mass is 10.3. The molecule has 0 atom stereocenters. The molecule has 0 bridgehead atoms. The zero-order valence-electron chi connectivity index (χ0n) is 10.5. The third-order valence-electron chi connectivity index (χ3n) is 2.55. The van der Waals surface area contributed by atoms with Gasteiger partial charge in [0.1, 0.15) is 17.3 Å². The van der Waals surface area contributed by atoms with Crippen LogP contribution in [-0.4, -0.2) is 21.9 Å². The van der Waals surface area contributed by atoms with E-state index < -0.39 is 4.92 Å². The molecule has 0 fully saturated rings. The topological polar surface area (TPSA) is 93.0 Å². The average Bonchev–Trinajstić information content (AvgIpc) is 2.39. The highest BCUT2D eigenvalue weighted by molar-refractivity contribution is 5.58. The molecule has 0 radical (unpaired) electrons. The Morgan fingerprint density at radius 2 is 1.95 bits per heavy atom. The normalized spacial score (nSPS) is 10.0. The molecule has 0 saturated heterocycles. The fraction of sp³-hybridized carbons (Fsp3) is 0.167. The summed E-state index contributed by atoms with van der Waals surface area (Å²) in [5.41, 5.74) is 1.14. The van der Waals surface area contributed by atoms with Crippen LogP contribution in [0.15, 0.2) is 30.5 Å². The Balaban J connectivity index is 2.18. The third kappa shape index (κ3) is 2.95. The van der Waals surface area contributed by atoms with Crippen LogP contribution in [0.25, 0.3) is 0 Å². The molecule has 0 saturated carbocycles. The Labute approximate surface area is 109 Å². The van der Waals surface area contributed by atoms with Crippen molar-refractivity contribution in [3.05, 3.63) is 46.3 Å². The second kappa shape index (κ2) is 5.30. The molecule has 2 heterocycles. The van der Waals surface area contributed by atoms with E-state index in [-0.39, 0.29) is 5.69 Å². The minimum absolute atomic E-state index is 0.00852. The standard InChI is InChI=1S/C12H13N5O2/c1-8-10(17(18)19)4-6-12(15-8)16-9-3-5-11(13-2)14-7-9/h3-7H,1-2H3,(H,13,14)(H,15,16). The molecule has 0 amide bonds. The van der Waals surface area contributed by atoms with Gasteiger partial charge in [0.15, 0.2) is 0 Å². The van der Waals surface area contributed by atoms with Crippen LogP contribution in [0, 0.1) is 17.0 Å². The summed E-state index contributed by atoms with van der Waals surface area (Å²) in [5.74, 6) is 1.31. The lowest BCUT2D eigenvalue weighted by molar-refractivity contribution is -0.385. The number of hydrogen-bond acceptors (Lipinski definition) is 6. The minimum Gasteiger partial charge on any atom is -0.373 e. The van der Waals surface area contributed by atoms with Crippen molar-refractivity contribution in [2.45, 2.75) is 6.92 Å². The summed E-state index contributed by atoms with van der Waals surface area (Å²) in [6.45, 7) is 1.60. The lowest BCUT2D eigenvalue weighted by Crippen LogP contribution is -1.99. The van der Waals surface area contributed by atoms with E-state index in [4.69, 9.17) is 0 Å². The van der Waals surface area contributed by atoms with Crippen LogP contribution in [0.4, 0.5) is 23.0 Å². The van der Waals surface area contributed by atoms with E-state index >= 15 is 0 Å². The van der Waals surface area contributed by atoms with Crippen molar-refractivity contribution in [1.82, 2.24) is 9.97 Å². The highest BCUT2D eigenvalue weighted by atomic mass is 16.6. The van der Waals surface area contributed by atoms with Crippen LogP contribution in [0.3, 0.4) is 0 Å². The van der Waals surface area contributed by atoms with Gasteiger partial charge in [0, 0.05) is 13.1 Å². The SMILES string of the molecule is CNc1ccc(Nc2ccc([N+](=O)[O-])c(C)n2)cn1. The molecule has 0 aromatic carbocycles. The molecule has 0 spiro atoms. The van der Waals surface area contributed by atoms with Crippen LogP contribution < -0.4 is 10.6 Å². The van der Waals surface area contributed by atoms with Crippen molar-refractivity contribution >= 4 is 23.0 Å². The fourth-order valence-electron chi connectivity index (χ4n) is 1.58. The van der Waals surface area contributed by atoms with Gasteiger partial charge in [-0.3, -0.25) is 10.1 Å². The van der Waals surface area contributed by atoms with E-state index in [0.717, 1.165) is 11.5 Å². The Hall–Kier alpha value is -2.70. The molecule has 98 valence electrons. The monoisotopic (exact) mass is 259 g/mol. The third-order valence-corrected chi connectivity index (χ3v) is 2.55. The first kappa shape index (κ1) is 12.7. The van der Waals surface area contributed by atoms with Crippen molar-refractivity contribution in [1.29, 1.82) is 0 Å². The van der Waals surface area contributed by atoms with E-state index in [2.05, 4.69) is 20.6 Å². The summed E-state index contributed by atoms with van der Waals surface area (Å²) in [5, 5.41) is 16.6. The molecule has 0 aliphatic carbocycles. The smallest absolute Gasteiger partial charge is 0.290 e. The largest absolute Gasteiger partial charge is 0.373 e.